The quantitative estimate of drug-likeness (QED) is 0.389. The maximum atomic E-state index is 13.0. The van der Waals surface area contributed by atoms with Gasteiger partial charge in [-0.3, -0.25) is 4.98 Å². The van der Waals surface area contributed by atoms with Gasteiger partial charge >= 0.3 is 6.36 Å². The van der Waals surface area contributed by atoms with Crippen molar-refractivity contribution in [2.24, 2.45) is 0 Å². The van der Waals surface area contributed by atoms with Crippen molar-refractivity contribution in [2.75, 3.05) is 23.7 Å². The van der Waals surface area contributed by atoms with Gasteiger partial charge in [-0.2, -0.15) is 4.39 Å². The summed E-state index contributed by atoms with van der Waals surface area (Å²) in [7, 11) is 0. The number of benzene rings is 1. The average molecular weight is 366 g/mol. The van der Waals surface area contributed by atoms with Crippen LogP contribution in [0.4, 0.5) is 29.1 Å². The number of halogens is 4. The fraction of sp³-hybridized carbons (Fsp3) is 0.176. The fourth-order valence-corrected chi connectivity index (χ4v) is 2.40. The number of rotatable bonds is 6. The predicted octanol–water partition coefficient (Wildman–Crippen LogP) is 4.19. The third-order valence-electron chi connectivity index (χ3n) is 3.42. The van der Waals surface area contributed by atoms with Crippen molar-refractivity contribution in [3.63, 3.8) is 0 Å². The molecule has 26 heavy (non-hydrogen) atoms. The number of nitrogens with zero attached hydrogens (tertiary/aromatic N) is 2. The summed E-state index contributed by atoms with van der Waals surface area (Å²) in [6.45, 7) is 0.862. The Morgan fingerprint density at radius 1 is 0.962 bits per heavy atom. The molecule has 3 rings (SSSR count). The van der Waals surface area contributed by atoms with Gasteiger partial charge in [0.1, 0.15) is 11.3 Å². The number of aromatic nitrogens is 2. The van der Waals surface area contributed by atoms with Crippen LogP contribution in [0.5, 0.6) is 5.75 Å². The Morgan fingerprint density at radius 3 is 2.50 bits per heavy atom. The number of anilines is 2. The number of pyridine rings is 2. The topological polar surface area (TPSA) is 59.1 Å². The molecule has 0 saturated heterocycles. The first-order valence-electron chi connectivity index (χ1n) is 7.66. The van der Waals surface area contributed by atoms with Gasteiger partial charge in [0.15, 0.2) is 5.75 Å². The van der Waals surface area contributed by atoms with Gasteiger partial charge in [0.25, 0.3) is 0 Å². The predicted molar refractivity (Wildman–Crippen MR) is 89.6 cm³/mol. The highest BCUT2D eigenvalue weighted by atomic mass is 19.4. The van der Waals surface area contributed by atoms with E-state index in [2.05, 4.69) is 25.3 Å². The Labute approximate surface area is 146 Å². The maximum Gasteiger partial charge on any atom is 0.573 e. The van der Waals surface area contributed by atoms with Crippen molar-refractivity contribution < 1.29 is 22.3 Å². The van der Waals surface area contributed by atoms with Crippen LogP contribution in [0.1, 0.15) is 0 Å². The zero-order valence-corrected chi connectivity index (χ0v) is 13.3. The standard InChI is InChI=1S/C17H14F4N4O/c18-14-5-2-6-15(25-14)23-10-9-22-12-7-8-24-16-11(12)3-1-4-13(16)26-17(19,20)21/h1-8H,9-10H2,(H,22,24)(H,23,25). The number of alkyl halides is 3. The van der Waals surface area contributed by atoms with E-state index >= 15 is 0 Å². The van der Waals surface area contributed by atoms with Gasteiger partial charge in [-0.15, -0.1) is 13.2 Å². The first kappa shape index (κ1) is 17.7. The lowest BCUT2D eigenvalue weighted by molar-refractivity contribution is -0.274. The molecular weight excluding hydrogens is 352 g/mol. The van der Waals surface area contributed by atoms with Crippen LogP contribution in [-0.2, 0) is 0 Å². The molecule has 9 heteroatoms. The fourth-order valence-electron chi connectivity index (χ4n) is 2.40. The number of hydrogen-bond acceptors (Lipinski definition) is 5. The molecule has 0 radical (unpaired) electrons. The van der Waals surface area contributed by atoms with Gasteiger partial charge in [0, 0.05) is 30.4 Å². The van der Waals surface area contributed by atoms with Crippen LogP contribution in [0.25, 0.3) is 10.9 Å². The van der Waals surface area contributed by atoms with E-state index in [0.29, 0.717) is 30.0 Å². The second-order valence-electron chi connectivity index (χ2n) is 5.26. The van der Waals surface area contributed by atoms with Gasteiger partial charge in [-0.05, 0) is 24.3 Å². The number of nitrogens with one attached hydrogen (secondary N) is 2. The molecule has 0 bridgehead atoms. The molecule has 0 unspecified atom stereocenters. The Kier molecular flexibility index (Phi) is 5.06. The summed E-state index contributed by atoms with van der Waals surface area (Å²) in [6, 6.07) is 10.4. The van der Waals surface area contributed by atoms with Crippen molar-refractivity contribution in [1.29, 1.82) is 0 Å². The van der Waals surface area contributed by atoms with E-state index in [1.165, 1.54) is 30.5 Å². The summed E-state index contributed by atoms with van der Waals surface area (Å²) in [5, 5.41) is 6.54. The van der Waals surface area contributed by atoms with E-state index in [-0.39, 0.29) is 11.3 Å². The highest BCUT2D eigenvalue weighted by molar-refractivity contribution is 5.94. The molecule has 0 amide bonds. The monoisotopic (exact) mass is 366 g/mol. The first-order chi connectivity index (χ1) is 12.4. The van der Waals surface area contributed by atoms with Crippen LogP contribution < -0.4 is 15.4 Å². The normalized spacial score (nSPS) is 11.4. The second-order valence-corrected chi connectivity index (χ2v) is 5.26. The summed E-state index contributed by atoms with van der Waals surface area (Å²) in [4.78, 5) is 7.65. The molecule has 0 aliphatic heterocycles. The second kappa shape index (κ2) is 7.42. The molecule has 3 aromatic rings. The van der Waals surface area contributed by atoms with Crippen molar-refractivity contribution in [3.8, 4) is 5.75 Å². The lowest BCUT2D eigenvalue weighted by Crippen LogP contribution is -2.17. The highest BCUT2D eigenvalue weighted by Crippen LogP contribution is 2.32. The Balaban J connectivity index is 1.69. The van der Waals surface area contributed by atoms with Crippen molar-refractivity contribution in [1.82, 2.24) is 9.97 Å². The van der Waals surface area contributed by atoms with Gasteiger partial charge in [-0.25, -0.2) is 4.98 Å². The highest BCUT2D eigenvalue weighted by Gasteiger charge is 2.32. The summed E-state index contributed by atoms with van der Waals surface area (Å²) >= 11 is 0. The van der Waals surface area contributed by atoms with Gasteiger partial charge < -0.3 is 15.4 Å². The first-order valence-corrected chi connectivity index (χ1v) is 7.66. The molecule has 0 saturated carbocycles. The lowest BCUT2D eigenvalue weighted by Gasteiger charge is -2.13. The van der Waals surface area contributed by atoms with E-state index in [0.717, 1.165) is 0 Å². The van der Waals surface area contributed by atoms with Gasteiger partial charge in [0.05, 0.1) is 0 Å². The molecule has 136 valence electrons. The molecule has 2 aromatic heterocycles. The molecule has 0 spiro atoms. The minimum atomic E-state index is -4.79. The largest absolute Gasteiger partial charge is 0.573 e. The minimum absolute atomic E-state index is 0.106. The average Bonchev–Trinajstić information content (AvgIpc) is 2.58. The summed E-state index contributed by atoms with van der Waals surface area (Å²) in [5.74, 6) is -0.548. The van der Waals surface area contributed by atoms with E-state index in [9.17, 15) is 17.6 Å². The van der Waals surface area contributed by atoms with E-state index in [1.807, 2.05) is 0 Å². The van der Waals surface area contributed by atoms with Crippen LogP contribution in [0.2, 0.25) is 0 Å². The van der Waals surface area contributed by atoms with Crippen LogP contribution in [0.15, 0.2) is 48.7 Å². The van der Waals surface area contributed by atoms with E-state index in [4.69, 9.17) is 0 Å². The number of para-hydroxylation sites is 1. The van der Waals surface area contributed by atoms with Gasteiger partial charge in [0.2, 0.25) is 5.95 Å². The molecule has 0 aliphatic rings. The molecule has 1 aromatic carbocycles. The van der Waals surface area contributed by atoms with Crippen LogP contribution in [0.3, 0.4) is 0 Å². The smallest absolute Gasteiger partial charge is 0.403 e. The number of ether oxygens (including phenoxy) is 1. The summed E-state index contributed by atoms with van der Waals surface area (Å²) < 4.78 is 54.5. The van der Waals surface area contributed by atoms with E-state index in [1.54, 1.807) is 18.2 Å². The van der Waals surface area contributed by atoms with Crippen molar-refractivity contribution in [2.45, 2.75) is 6.36 Å². The van der Waals surface area contributed by atoms with Crippen LogP contribution in [-0.4, -0.2) is 29.4 Å². The lowest BCUT2D eigenvalue weighted by atomic mass is 10.1. The summed E-state index contributed by atoms with van der Waals surface area (Å²) in [5.41, 5.74) is 0.714. The molecular formula is C17H14F4N4O. The number of hydrogen-bond donors (Lipinski definition) is 2. The molecule has 2 heterocycles. The Bertz CT molecular complexity index is 901. The molecule has 2 N–H and O–H groups in total. The van der Waals surface area contributed by atoms with Crippen molar-refractivity contribution >= 4 is 22.4 Å². The summed E-state index contributed by atoms with van der Waals surface area (Å²) in [6.07, 6.45) is -3.39. The maximum absolute atomic E-state index is 13.0. The SMILES string of the molecule is Fc1cccc(NCCNc2ccnc3c(OC(F)(F)F)cccc23)n1. The molecule has 0 fully saturated rings. The Morgan fingerprint density at radius 2 is 1.73 bits per heavy atom. The third-order valence-corrected chi connectivity index (χ3v) is 3.42. The molecule has 0 atom stereocenters. The van der Waals surface area contributed by atoms with E-state index < -0.39 is 12.3 Å². The molecule has 5 nitrogen and oxygen atoms in total. The number of fused-ring (bicyclic) bond motifs is 1. The minimum Gasteiger partial charge on any atom is -0.403 e. The van der Waals surface area contributed by atoms with Crippen molar-refractivity contribution in [3.05, 3.63) is 54.6 Å². The molecule has 0 aliphatic carbocycles. The zero-order valence-electron chi connectivity index (χ0n) is 13.3. The van der Waals surface area contributed by atoms with Gasteiger partial charge in [-0.1, -0.05) is 18.2 Å². The Hall–Kier alpha value is -3.10. The third kappa shape index (κ3) is 4.50. The van der Waals surface area contributed by atoms with Crippen LogP contribution >= 0.6 is 0 Å². The zero-order chi connectivity index (χ0) is 18.6. The van der Waals surface area contributed by atoms with Crippen LogP contribution in [0, 0.1) is 5.95 Å².